The Morgan fingerprint density at radius 3 is 3.00 bits per heavy atom. The molecule has 5 heteroatoms. The standard InChI is InChI=1S/C13H17N3O2/c1-8(6-12(14)16-18)15-13(17)11-7-9-4-2-3-5-10(9)11/h2-5,8,11,18H,6-7H2,1H3,(H2,14,16)(H,15,17). The lowest BCUT2D eigenvalue weighted by atomic mass is 9.77. The van der Waals surface area contributed by atoms with Crippen molar-refractivity contribution in [2.45, 2.75) is 31.7 Å². The van der Waals surface area contributed by atoms with Crippen LogP contribution in [0.1, 0.15) is 30.4 Å². The second-order valence-electron chi connectivity index (χ2n) is 4.66. The third-order valence-corrected chi connectivity index (χ3v) is 3.20. The van der Waals surface area contributed by atoms with E-state index in [9.17, 15) is 4.79 Å². The van der Waals surface area contributed by atoms with Gasteiger partial charge in [-0.3, -0.25) is 4.79 Å². The summed E-state index contributed by atoms with van der Waals surface area (Å²) in [4.78, 5) is 12.0. The number of oxime groups is 1. The first kappa shape index (κ1) is 12.4. The lowest BCUT2D eigenvalue weighted by Crippen LogP contribution is -2.41. The Morgan fingerprint density at radius 2 is 2.33 bits per heavy atom. The summed E-state index contributed by atoms with van der Waals surface area (Å²) in [6.45, 7) is 1.83. The zero-order chi connectivity index (χ0) is 13.1. The van der Waals surface area contributed by atoms with Crippen molar-refractivity contribution in [3.8, 4) is 0 Å². The molecule has 0 saturated carbocycles. The van der Waals surface area contributed by atoms with Gasteiger partial charge in [-0.25, -0.2) is 0 Å². The molecule has 0 aromatic heterocycles. The number of nitrogens with one attached hydrogen (secondary N) is 1. The number of carbonyl (C=O) groups is 1. The largest absolute Gasteiger partial charge is 0.409 e. The molecule has 96 valence electrons. The number of hydrogen-bond donors (Lipinski definition) is 3. The van der Waals surface area contributed by atoms with Gasteiger partial charge < -0.3 is 16.3 Å². The zero-order valence-electron chi connectivity index (χ0n) is 10.3. The summed E-state index contributed by atoms with van der Waals surface area (Å²) in [7, 11) is 0. The number of amidine groups is 1. The summed E-state index contributed by atoms with van der Waals surface area (Å²) in [5, 5.41) is 14.2. The third-order valence-electron chi connectivity index (χ3n) is 3.20. The first-order valence-electron chi connectivity index (χ1n) is 5.96. The van der Waals surface area contributed by atoms with Gasteiger partial charge in [0, 0.05) is 12.5 Å². The highest BCUT2D eigenvalue weighted by molar-refractivity contribution is 5.88. The molecule has 2 unspecified atom stereocenters. The molecule has 18 heavy (non-hydrogen) atoms. The normalized spacial score (nSPS) is 19.6. The van der Waals surface area contributed by atoms with Crippen molar-refractivity contribution in [1.82, 2.24) is 5.32 Å². The SMILES string of the molecule is CC(CC(N)=NO)NC(=O)C1Cc2ccccc21. The summed E-state index contributed by atoms with van der Waals surface area (Å²) < 4.78 is 0. The third kappa shape index (κ3) is 2.45. The molecule has 2 rings (SSSR count). The molecule has 1 aliphatic carbocycles. The average molecular weight is 247 g/mol. The van der Waals surface area contributed by atoms with Gasteiger partial charge in [-0.1, -0.05) is 29.4 Å². The molecule has 1 aromatic rings. The van der Waals surface area contributed by atoms with Crippen molar-refractivity contribution in [3.05, 3.63) is 35.4 Å². The molecule has 2 atom stereocenters. The number of benzene rings is 1. The van der Waals surface area contributed by atoms with Crippen molar-refractivity contribution in [1.29, 1.82) is 0 Å². The Balaban J connectivity index is 1.91. The van der Waals surface area contributed by atoms with Gasteiger partial charge in [0.2, 0.25) is 5.91 Å². The van der Waals surface area contributed by atoms with E-state index in [0.29, 0.717) is 6.42 Å². The Labute approximate surface area is 106 Å². The average Bonchev–Trinajstić information content (AvgIpc) is 2.30. The second-order valence-corrected chi connectivity index (χ2v) is 4.66. The van der Waals surface area contributed by atoms with Gasteiger partial charge in [0.05, 0.1) is 5.92 Å². The van der Waals surface area contributed by atoms with Gasteiger partial charge in [0.1, 0.15) is 5.84 Å². The molecule has 1 aromatic carbocycles. The molecule has 0 heterocycles. The van der Waals surface area contributed by atoms with E-state index >= 15 is 0 Å². The number of hydrogen-bond acceptors (Lipinski definition) is 3. The maximum Gasteiger partial charge on any atom is 0.228 e. The molecule has 0 saturated heterocycles. The van der Waals surface area contributed by atoms with Crippen LogP contribution in [0.3, 0.4) is 0 Å². The topological polar surface area (TPSA) is 87.7 Å². The van der Waals surface area contributed by atoms with E-state index in [0.717, 1.165) is 12.0 Å². The Kier molecular flexibility index (Phi) is 3.50. The lowest BCUT2D eigenvalue weighted by molar-refractivity contribution is -0.123. The van der Waals surface area contributed by atoms with Crippen molar-refractivity contribution < 1.29 is 10.0 Å². The summed E-state index contributed by atoms with van der Waals surface area (Å²) in [6.07, 6.45) is 1.13. The highest BCUT2D eigenvalue weighted by atomic mass is 16.4. The number of rotatable bonds is 4. The first-order valence-corrected chi connectivity index (χ1v) is 5.96. The Morgan fingerprint density at radius 1 is 1.61 bits per heavy atom. The quantitative estimate of drug-likeness (QED) is 0.320. The Bertz CT molecular complexity index is 485. The smallest absolute Gasteiger partial charge is 0.228 e. The van der Waals surface area contributed by atoms with Gasteiger partial charge in [-0.15, -0.1) is 0 Å². The summed E-state index contributed by atoms with van der Waals surface area (Å²) >= 11 is 0. The molecule has 0 radical (unpaired) electrons. The van der Waals surface area contributed by atoms with Crippen LogP contribution in [0.5, 0.6) is 0 Å². The fourth-order valence-electron chi connectivity index (χ4n) is 2.24. The van der Waals surface area contributed by atoms with E-state index in [2.05, 4.69) is 10.5 Å². The molecule has 0 spiro atoms. The molecular weight excluding hydrogens is 230 g/mol. The van der Waals surface area contributed by atoms with Gasteiger partial charge >= 0.3 is 0 Å². The first-order chi connectivity index (χ1) is 8.61. The predicted molar refractivity (Wildman–Crippen MR) is 68.5 cm³/mol. The minimum absolute atomic E-state index is 0.00643. The molecule has 0 bridgehead atoms. The predicted octanol–water partition coefficient (Wildman–Crippen LogP) is 0.967. The molecule has 1 amide bonds. The van der Waals surface area contributed by atoms with Crippen molar-refractivity contribution >= 4 is 11.7 Å². The van der Waals surface area contributed by atoms with E-state index in [1.54, 1.807) is 0 Å². The minimum atomic E-state index is -0.138. The van der Waals surface area contributed by atoms with Crippen LogP contribution in [-0.2, 0) is 11.2 Å². The second kappa shape index (κ2) is 5.08. The molecule has 0 aliphatic heterocycles. The van der Waals surface area contributed by atoms with Crippen molar-refractivity contribution in [2.75, 3.05) is 0 Å². The van der Waals surface area contributed by atoms with Crippen LogP contribution in [0.25, 0.3) is 0 Å². The summed E-state index contributed by atoms with van der Waals surface area (Å²) in [5.41, 5.74) is 7.74. The van der Waals surface area contributed by atoms with Crippen LogP contribution < -0.4 is 11.1 Å². The van der Waals surface area contributed by atoms with E-state index in [4.69, 9.17) is 10.9 Å². The Hall–Kier alpha value is -2.04. The van der Waals surface area contributed by atoms with Crippen molar-refractivity contribution in [3.63, 3.8) is 0 Å². The zero-order valence-corrected chi connectivity index (χ0v) is 10.3. The maximum absolute atomic E-state index is 12.0. The molecule has 5 nitrogen and oxygen atoms in total. The van der Waals surface area contributed by atoms with Gasteiger partial charge in [-0.05, 0) is 24.5 Å². The molecule has 4 N–H and O–H groups in total. The van der Waals surface area contributed by atoms with Crippen LogP contribution in [0.15, 0.2) is 29.4 Å². The number of nitrogens with two attached hydrogens (primary N) is 1. The van der Waals surface area contributed by atoms with Crippen LogP contribution in [0, 0.1) is 0 Å². The maximum atomic E-state index is 12.0. The van der Waals surface area contributed by atoms with E-state index in [1.165, 1.54) is 5.56 Å². The van der Waals surface area contributed by atoms with Gasteiger partial charge in [0.15, 0.2) is 0 Å². The summed E-state index contributed by atoms with van der Waals surface area (Å²) in [6, 6.07) is 7.81. The van der Waals surface area contributed by atoms with E-state index < -0.39 is 0 Å². The van der Waals surface area contributed by atoms with Crippen molar-refractivity contribution in [2.24, 2.45) is 10.9 Å². The molecule has 1 aliphatic rings. The monoisotopic (exact) mass is 247 g/mol. The number of amides is 1. The molecule has 0 fully saturated rings. The highest BCUT2D eigenvalue weighted by Gasteiger charge is 2.32. The minimum Gasteiger partial charge on any atom is -0.409 e. The fourth-order valence-corrected chi connectivity index (χ4v) is 2.24. The van der Waals surface area contributed by atoms with E-state index in [-0.39, 0.29) is 23.7 Å². The van der Waals surface area contributed by atoms with Crippen LogP contribution >= 0.6 is 0 Å². The van der Waals surface area contributed by atoms with Crippen LogP contribution in [0.4, 0.5) is 0 Å². The fraction of sp³-hybridized carbons (Fsp3) is 0.385. The van der Waals surface area contributed by atoms with Gasteiger partial charge in [0.25, 0.3) is 0 Å². The van der Waals surface area contributed by atoms with Crippen LogP contribution in [0.2, 0.25) is 0 Å². The summed E-state index contributed by atoms with van der Waals surface area (Å²) in [5.74, 6) is 0.0692. The number of carbonyl (C=O) groups excluding carboxylic acids is 1. The van der Waals surface area contributed by atoms with E-state index in [1.807, 2.05) is 31.2 Å². The highest BCUT2D eigenvalue weighted by Crippen LogP contribution is 2.34. The molecular formula is C13H17N3O2. The van der Waals surface area contributed by atoms with Gasteiger partial charge in [-0.2, -0.15) is 0 Å². The van der Waals surface area contributed by atoms with Crippen LogP contribution in [-0.4, -0.2) is 23.0 Å². The lowest BCUT2D eigenvalue weighted by Gasteiger charge is -2.30. The number of nitrogens with zero attached hydrogens (tertiary/aromatic N) is 1. The number of fused-ring (bicyclic) bond motifs is 1.